The Balaban J connectivity index is 1.62. The van der Waals surface area contributed by atoms with E-state index in [1.54, 1.807) is 12.1 Å². The lowest BCUT2D eigenvalue weighted by Gasteiger charge is -2.29. The van der Waals surface area contributed by atoms with Crippen LogP contribution in [-0.4, -0.2) is 45.6 Å². The maximum Gasteiger partial charge on any atom is 0.326 e. The Morgan fingerprint density at radius 3 is 2.40 bits per heavy atom. The molecule has 0 radical (unpaired) electrons. The van der Waals surface area contributed by atoms with Crippen LogP contribution in [0.15, 0.2) is 54.6 Å². The van der Waals surface area contributed by atoms with Crippen molar-refractivity contribution >= 4 is 36.1 Å². The molecular weight excluding hydrogens is 402 g/mol. The predicted octanol–water partition coefficient (Wildman–Crippen LogP) is 2.04. The Hall–Kier alpha value is -3.00. The number of hydrogen-bond acceptors (Lipinski definition) is 5. The number of anilines is 1. The number of hydrogen-bond donors (Lipinski definition) is 4. The van der Waals surface area contributed by atoms with Gasteiger partial charge in [-0.15, -0.1) is 0 Å². The molecule has 4 N–H and O–H groups in total. The summed E-state index contributed by atoms with van der Waals surface area (Å²) in [6.07, 6.45) is 1.32. The lowest BCUT2D eigenvalue weighted by molar-refractivity contribution is -0.149. The van der Waals surface area contributed by atoms with Gasteiger partial charge < -0.3 is 21.1 Å². The minimum atomic E-state index is -1.04. The number of thiol groups is 1. The zero-order valence-electron chi connectivity index (χ0n) is 16.4. The molecule has 3 atom stereocenters. The number of nitrogens with two attached hydrogens (primary N) is 1. The molecule has 3 rings (SSSR count). The van der Waals surface area contributed by atoms with Gasteiger partial charge in [-0.05, 0) is 42.5 Å². The Bertz CT molecular complexity index is 904. The molecule has 0 aromatic heterocycles. The quantitative estimate of drug-likeness (QED) is 0.399. The average Bonchev–Trinajstić information content (AvgIpc) is 3.19. The van der Waals surface area contributed by atoms with E-state index in [2.05, 4.69) is 17.9 Å². The van der Waals surface area contributed by atoms with E-state index in [9.17, 15) is 19.5 Å². The number of nitrogens with one attached hydrogen (secondary N) is 1. The Kier molecular flexibility index (Phi) is 6.99. The summed E-state index contributed by atoms with van der Waals surface area (Å²) < 4.78 is 0. The molecule has 1 saturated heterocycles. The average molecular weight is 428 g/mol. The molecule has 8 heteroatoms. The first-order valence-electron chi connectivity index (χ1n) is 9.76. The maximum absolute atomic E-state index is 12.9. The molecule has 0 spiro atoms. The van der Waals surface area contributed by atoms with Gasteiger partial charge in [0.1, 0.15) is 6.04 Å². The predicted molar refractivity (Wildman–Crippen MR) is 117 cm³/mol. The number of amides is 2. The van der Waals surface area contributed by atoms with E-state index in [-0.39, 0.29) is 18.5 Å². The molecule has 0 bridgehead atoms. The molecule has 1 aliphatic heterocycles. The topological polar surface area (TPSA) is 113 Å². The fourth-order valence-corrected chi connectivity index (χ4v) is 4.05. The molecule has 2 unspecified atom stereocenters. The summed E-state index contributed by atoms with van der Waals surface area (Å²) in [5.41, 5.74) is 8.09. The molecule has 1 heterocycles. The Labute approximate surface area is 180 Å². The summed E-state index contributed by atoms with van der Waals surface area (Å²) in [5.74, 6) is -1.84. The summed E-state index contributed by atoms with van der Waals surface area (Å²) in [5, 5.41) is 11.5. The van der Waals surface area contributed by atoms with Crippen molar-refractivity contribution in [1.29, 1.82) is 0 Å². The first-order valence-corrected chi connectivity index (χ1v) is 10.3. The van der Waals surface area contributed by atoms with Crippen LogP contribution in [-0.2, 0) is 20.8 Å². The first-order chi connectivity index (χ1) is 14.4. The number of carbonyl (C=O) groups excluding carboxylic acids is 2. The fraction of sp³-hybridized carbons (Fsp3) is 0.318. The first kappa shape index (κ1) is 21.7. The van der Waals surface area contributed by atoms with E-state index < -0.39 is 23.2 Å². The molecule has 2 amide bonds. The zero-order valence-corrected chi connectivity index (χ0v) is 17.3. The van der Waals surface area contributed by atoms with Gasteiger partial charge in [0.2, 0.25) is 11.8 Å². The number of carbonyl (C=O) groups is 3. The van der Waals surface area contributed by atoms with Crippen LogP contribution in [0.3, 0.4) is 0 Å². The van der Waals surface area contributed by atoms with Gasteiger partial charge in [-0.2, -0.15) is 12.6 Å². The summed E-state index contributed by atoms with van der Waals surface area (Å²) >= 11 is 4.34. The largest absolute Gasteiger partial charge is 0.480 e. The molecule has 0 aliphatic carbocycles. The van der Waals surface area contributed by atoms with Crippen LogP contribution in [0, 0.1) is 0 Å². The Morgan fingerprint density at radius 2 is 1.77 bits per heavy atom. The van der Waals surface area contributed by atoms with Gasteiger partial charge in [0.05, 0.1) is 17.8 Å². The number of rotatable bonds is 7. The summed E-state index contributed by atoms with van der Waals surface area (Å²) in [6.45, 7) is -0.273. The van der Waals surface area contributed by atoms with E-state index in [0.717, 1.165) is 11.1 Å². The van der Waals surface area contributed by atoms with Crippen molar-refractivity contribution in [2.45, 2.75) is 36.6 Å². The zero-order chi connectivity index (χ0) is 21.7. The molecule has 0 saturated carbocycles. The van der Waals surface area contributed by atoms with Crippen molar-refractivity contribution in [3.63, 3.8) is 0 Å². The van der Waals surface area contributed by atoms with Gasteiger partial charge in [0.25, 0.3) is 0 Å². The van der Waals surface area contributed by atoms with Crippen LogP contribution < -0.4 is 11.1 Å². The number of nitrogen functional groups attached to an aromatic ring is 1. The molecular formula is C22H25N3O4S. The second-order valence-electron chi connectivity index (χ2n) is 7.34. The van der Waals surface area contributed by atoms with Gasteiger partial charge in [-0.1, -0.05) is 42.5 Å². The van der Waals surface area contributed by atoms with E-state index in [1.165, 1.54) is 4.90 Å². The molecule has 1 aliphatic rings. The number of aliphatic carboxylic acids is 1. The molecule has 1 fully saturated rings. The third-order valence-corrected chi connectivity index (χ3v) is 5.68. The van der Waals surface area contributed by atoms with Crippen LogP contribution in [0.25, 0.3) is 0 Å². The molecule has 30 heavy (non-hydrogen) atoms. The minimum absolute atomic E-state index is 0.273. The van der Waals surface area contributed by atoms with Crippen LogP contribution in [0.4, 0.5) is 5.69 Å². The maximum atomic E-state index is 12.9. The van der Waals surface area contributed by atoms with Gasteiger partial charge >= 0.3 is 5.97 Å². The fourth-order valence-electron chi connectivity index (χ4n) is 3.75. The van der Waals surface area contributed by atoms with Crippen LogP contribution in [0.1, 0.15) is 30.0 Å². The summed E-state index contributed by atoms with van der Waals surface area (Å²) in [6, 6.07) is 15.3. The molecule has 7 nitrogen and oxygen atoms in total. The van der Waals surface area contributed by atoms with Gasteiger partial charge in [-0.25, -0.2) is 4.79 Å². The second kappa shape index (κ2) is 9.67. The highest BCUT2D eigenvalue weighted by Crippen LogP contribution is 2.36. The smallest absolute Gasteiger partial charge is 0.326 e. The third-order valence-electron chi connectivity index (χ3n) is 5.27. The van der Waals surface area contributed by atoms with Gasteiger partial charge in [-0.3, -0.25) is 9.59 Å². The van der Waals surface area contributed by atoms with Crippen molar-refractivity contribution in [3.8, 4) is 0 Å². The molecule has 158 valence electrons. The lowest BCUT2D eigenvalue weighted by Crippen LogP contribution is -2.47. The van der Waals surface area contributed by atoms with Gasteiger partial charge in [0, 0.05) is 5.69 Å². The number of carboxylic acids is 1. The van der Waals surface area contributed by atoms with E-state index >= 15 is 0 Å². The van der Waals surface area contributed by atoms with Crippen molar-refractivity contribution in [1.82, 2.24) is 10.2 Å². The number of likely N-dealkylation sites (tertiary alicyclic amines) is 1. The van der Waals surface area contributed by atoms with Crippen LogP contribution in [0.5, 0.6) is 0 Å². The molecule has 2 aromatic rings. The summed E-state index contributed by atoms with van der Waals surface area (Å²) in [7, 11) is 0. The highest BCUT2D eigenvalue weighted by Gasteiger charge is 2.41. The van der Waals surface area contributed by atoms with E-state index in [1.807, 2.05) is 42.5 Å². The van der Waals surface area contributed by atoms with E-state index in [4.69, 9.17) is 5.73 Å². The SMILES string of the molecule is Nc1ccc(CC(S)C(=O)NCC(=O)N2C(c3ccccc3)CC[C@H]2C(=O)O)cc1. The molecule has 2 aromatic carbocycles. The van der Waals surface area contributed by atoms with Gasteiger partial charge in [0.15, 0.2) is 0 Å². The Morgan fingerprint density at radius 1 is 1.10 bits per heavy atom. The minimum Gasteiger partial charge on any atom is -0.480 e. The van der Waals surface area contributed by atoms with Crippen molar-refractivity contribution in [2.75, 3.05) is 12.3 Å². The van der Waals surface area contributed by atoms with Crippen molar-refractivity contribution in [3.05, 3.63) is 65.7 Å². The number of benzene rings is 2. The lowest BCUT2D eigenvalue weighted by atomic mass is 10.0. The monoisotopic (exact) mass is 427 g/mol. The number of nitrogens with zero attached hydrogens (tertiary/aromatic N) is 1. The van der Waals surface area contributed by atoms with E-state index in [0.29, 0.717) is 24.9 Å². The highest BCUT2D eigenvalue weighted by molar-refractivity contribution is 7.81. The normalized spacial score (nSPS) is 19.3. The van der Waals surface area contributed by atoms with Crippen molar-refractivity contribution in [2.24, 2.45) is 0 Å². The highest BCUT2D eigenvalue weighted by atomic mass is 32.1. The third kappa shape index (κ3) is 5.13. The standard InChI is InChI=1S/C22H25N3O4S/c23-16-8-6-14(7-9-16)12-19(30)21(27)24-13-20(26)25-17(10-11-18(25)22(28)29)15-4-2-1-3-5-15/h1-9,17-19,30H,10-13,23H2,(H,24,27)(H,28,29)/t17?,18-,19?/m0/s1. The number of carboxylic acid groups (broad SMARTS) is 1. The van der Waals surface area contributed by atoms with Crippen LogP contribution >= 0.6 is 12.6 Å². The van der Waals surface area contributed by atoms with Crippen molar-refractivity contribution < 1.29 is 19.5 Å². The second-order valence-corrected chi connectivity index (χ2v) is 7.96. The van der Waals surface area contributed by atoms with Crippen LogP contribution in [0.2, 0.25) is 0 Å². The summed E-state index contributed by atoms with van der Waals surface area (Å²) in [4.78, 5) is 38.3.